The van der Waals surface area contributed by atoms with E-state index < -0.39 is 0 Å². The standard InChI is InChI=1S/C13H22N2OS/c1-4-10(16)8-15(3)12-7-5-6-11-13(12)17-9(2)14-11/h10,12,16H,4-8H2,1-3H3/t10-,12?/m1/s1. The van der Waals surface area contributed by atoms with E-state index in [1.165, 1.54) is 28.4 Å². The maximum atomic E-state index is 9.76. The number of thiazole rings is 1. The predicted octanol–water partition coefficient (Wildman–Crippen LogP) is 2.53. The normalized spacial score (nSPS) is 21.6. The summed E-state index contributed by atoms with van der Waals surface area (Å²) in [5, 5.41) is 10.9. The predicted molar refractivity (Wildman–Crippen MR) is 71.5 cm³/mol. The van der Waals surface area contributed by atoms with Crippen LogP contribution < -0.4 is 0 Å². The van der Waals surface area contributed by atoms with Gasteiger partial charge in [-0.05, 0) is 39.7 Å². The molecule has 0 spiro atoms. The Labute approximate surface area is 107 Å². The topological polar surface area (TPSA) is 36.4 Å². The Hall–Kier alpha value is -0.450. The summed E-state index contributed by atoms with van der Waals surface area (Å²) in [7, 11) is 2.12. The number of aliphatic hydroxyl groups excluding tert-OH is 1. The lowest BCUT2D eigenvalue weighted by atomic mass is 9.96. The van der Waals surface area contributed by atoms with Gasteiger partial charge in [-0.15, -0.1) is 11.3 Å². The van der Waals surface area contributed by atoms with E-state index in [0.29, 0.717) is 6.04 Å². The lowest BCUT2D eigenvalue weighted by Crippen LogP contribution is -2.33. The first kappa shape index (κ1) is 13.0. The van der Waals surface area contributed by atoms with Crippen LogP contribution in [0.25, 0.3) is 0 Å². The first-order chi connectivity index (χ1) is 8.11. The Morgan fingerprint density at radius 2 is 2.35 bits per heavy atom. The van der Waals surface area contributed by atoms with Crippen LogP contribution in [0.4, 0.5) is 0 Å². The number of fused-ring (bicyclic) bond motifs is 1. The van der Waals surface area contributed by atoms with Crippen LogP contribution in [0.2, 0.25) is 0 Å². The van der Waals surface area contributed by atoms with Crippen molar-refractivity contribution in [2.45, 2.75) is 51.7 Å². The molecule has 1 unspecified atom stereocenters. The maximum absolute atomic E-state index is 9.76. The van der Waals surface area contributed by atoms with E-state index in [2.05, 4.69) is 23.9 Å². The first-order valence-corrected chi connectivity index (χ1v) is 7.28. The van der Waals surface area contributed by atoms with Crippen LogP contribution in [-0.2, 0) is 6.42 Å². The van der Waals surface area contributed by atoms with Crippen LogP contribution in [0.3, 0.4) is 0 Å². The summed E-state index contributed by atoms with van der Waals surface area (Å²) < 4.78 is 0. The molecule has 2 atom stereocenters. The Bertz CT molecular complexity index is 377. The van der Waals surface area contributed by atoms with Crippen molar-refractivity contribution in [2.75, 3.05) is 13.6 Å². The van der Waals surface area contributed by atoms with Gasteiger partial charge < -0.3 is 5.11 Å². The Kier molecular flexibility index (Phi) is 4.17. The van der Waals surface area contributed by atoms with Crippen LogP contribution in [0.5, 0.6) is 0 Å². The monoisotopic (exact) mass is 254 g/mol. The van der Waals surface area contributed by atoms with Crippen LogP contribution in [0.15, 0.2) is 0 Å². The summed E-state index contributed by atoms with van der Waals surface area (Å²) in [6.07, 6.45) is 4.15. The van der Waals surface area contributed by atoms with Gasteiger partial charge >= 0.3 is 0 Å². The third-order valence-corrected chi connectivity index (χ3v) is 4.64. The molecule has 1 N–H and O–H groups in total. The zero-order valence-corrected chi connectivity index (χ0v) is 11.8. The Morgan fingerprint density at radius 1 is 1.59 bits per heavy atom. The molecule has 0 radical (unpaired) electrons. The molecule has 0 aliphatic heterocycles. The Balaban J connectivity index is 2.12. The molecule has 0 aromatic carbocycles. The van der Waals surface area contributed by atoms with Crippen molar-refractivity contribution < 1.29 is 5.11 Å². The van der Waals surface area contributed by atoms with Gasteiger partial charge in [-0.3, -0.25) is 4.90 Å². The third kappa shape index (κ3) is 2.87. The largest absolute Gasteiger partial charge is 0.392 e. The number of hydrogen-bond donors (Lipinski definition) is 1. The molecule has 0 saturated heterocycles. The fourth-order valence-electron chi connectivity index (χ4n) is 2.53. The van der Waals surface area contributed by atoms with E-state index in [9.17, 15) is 5.11 Å². The van der Waals surface area contributed by atoms with Crippen molar-refractivity contribution in [3.8, 4) is 0 Å². The fourth-order valence-corrected chi connectivity index (χ4v) is 3.70. The number of aromatic nitrogens is 1. The minimum Gasteiger partial charge on any atom is -0.392 e. The first-order valence-electron chi connectivity index (χ1n) is 6.46. The molecule has 0 amide bonds. The fraction of sp³-hybridized carbons (Fsp3) is 0.769. The van der Waals surface area contributed by atoms with Gasteiger partial charge in [0.05, 0.1) is 16.8 Å². The van der Waals surface area contributed by atoms with Gasteiger partial charge in [-0.25, -0.2) is 4.98 Å². The number of aliphatic hydroxyl groups is 1. The number of hydrogen-bond acceptors (Lipinski definition) is 4. The maximum Gasteiger partial charge on any atom is 0.0900 e. The molecule has 1 aromatic rings. The average molecular weight is 254 g/mol. The van der Waals surface area contributed by atoms with Gasteiger partial charge in [0, 0.05) is 17.5 Å². The van der Waals surface area contributed by atoms with Gasteiger partial charge in [0.2, 0.25) is 0 Å². The average Bonchev–Trinajstić information content (AvgIpc) is 2.68. The molecular formula is C13H22N2OS. The summed E-state index contributed by atoms with van der Waals surface area (Å²) in [5.41, 5.74) is 1.29. The smallest absolute Gasteiger partial charge is 0.0900 e. The van der Waals surface area contributed by atoms with E-state index in [-0.39, 0.29) is 6.10 Å². The van der Waals surface area contributed by atoms with Crippen LogP contribution in [0.1, 0.15) is 47.8 Å². The van der Waals surface area contributed by atoms with Crippen molar-refractivity contribution in [3.63, 3.8) is 0 Å². The van der Waals surface area contributed by atoms with Gasteiger partial charge in [-0.2, -0.15) is 0 Å². The summed E-state index contributed by atoms with van der Waals surface area (Å²) in [4.78, 5) is 8.34. The summed E-state index contributed by atoms with van der Waals surface area (Å²) in [6.45, 7) is 4.88. The molecule has 0 bridgehead atoms. The van der Waals surface area contributed by atoms with Crippen LogP contribution in [-0.4, -0.2) is 34.7 Å². The van der Waals surface area contributed by atoms with Gasteiger partial charge in [-0.1, -0.05) is 6.92 Å². The van der Waals surface area contributed by atoms with E-state index in [1.807, 2.05) is 18.3 Å². The minimum atomic E-state index is -0.209. The summed E-state index contributed by atoms with van der Waals surface area (Å²) in [5.74, 6) is 0. The van der Waals surface area contributed by atoms with Crippen molar-refractivity contribution in [2.24, 2.45) is 0 Å². The molecule has 0 saturated carbocycles. The molecule has 4 heteroatoms. The number of nitrogens with zero attached hydrogens (tertiary/aromatic N) is 2. The second-order valence-electron chi connectivity index (χ2n) is 4.95. The van der Waals surface area contributed by atoms with E-state index in [0.717, 1.165) is 19.4 Å². The number of aryl methyl sites for hydroxylation is 2. The summed E-state index contributed by atoms with van der Waals surface area (Å²) in [6, 6.07) is 0.464. The van der Waals surface area contributed by atoms with Crippen molar-refractivity contribution in [3.05, 3.63) is 15.6 Å². The molecule has 96 valence electrons. The van der Waals surface area contributed by atoms with Gasteiger partial charge in [0.1, 0.15) is 0 Å². The van der Waals surface area contributed by atoms with E-state index in [1.54, 1.807) is 0 Å². The van der Waals surface area contributed by atoms with Crippen molar-refractivity contribution >= 4 is 11.3 Å². The molecule has 0 fully saturated rings. The Morgan fingerprint density at radius 3 is 3.06 bits per heavy atom. The van der Waals surface area contributed by atoms with Gasteiger partial charge in [0.15, 0.2) is 0 Å². The van der Waals surface area contributed by atoms with E-state index >= 15 is 0 Å². The molecule has 1 aromatic heterocycles. The zero-order valence-electron chi connectivity index (χ0n) is 10.9. The third-order valence-electron chi connectivity index (χ3n) is 3.53. The number of likely N-dealkylation sites (N-methyl/N-ethyl adjacent to an activating group) is 1. The molecular weight excluding hydrogens is 232 g/mol. The van der Waals surface area contributed by atoms with Crippen LogP contribution in [0, 0.1) is 6.92 Å². The number of rotatable bonds is 4. The van der Waals surface area contributed by atoms with Gasteiger partial charge in [0.25, 0.3) is 0 Å². The highest BCUT2D eigenvalue weighted by atomic mass is 32.1. The molecule has 17 heavy (non-hydrogen) atoms. The van der Waals surface area contributed by atoms with Crippen molar-refractivity contribution in [1.82, 2.24) is 9.88 Å². The lowest BCUT2D eigenvalue weighted by Gasteiger charge is -2.31. The quantitative estimate of drug-likeness (QED) is 0.897. The van der Waals surface area contributed by atoms with Crippen LogP contribution >= 0.6 is 11.3 Å². The SMILES string of the molecule is CC[C@@H](O)CN(C)C1CCCc2nc(C)sc21. The molecule has 1 heterocycles. The molecule has 1 aliphatic carbocycles. The highest BCUT2D eigenvalue weighted by Crippen LogP contribution is 2.37. The second kappa shape index (κ2) is 5.46. The summed E-state index contributed by atoms with van der Waals surface area (Å²) >= 11 is 1.83. The highest BCUT2D eigenvalue weighted by molar-refractivity contribution is 7.11. The van der Waals surface area contributed by atoms with E-state index in [4.69, 9.17) is 0 Å². The highest BCUT2D eigenvalue weighted by Gasteiger charge is 2.27. The lowest BCUT2D eigenvalue weighted by molar-refractivity contribution is 0.0964. The molecule has 2 rings (SSSR count). The molecule has 3 nitrogen and oxygen atoms in total. The minimum absolute atomic E-state index is 0.209. The second-order valence-corrected chi connectivity index (χ2v) is 6.19. The zero-order chi connectivity index (χ0) is 12.4. The molecule has 1 aliphatic rings. The van der Waals surface area contributed by atoms with Crippen molar-refractivity contribution in [1.29, 1.82) is 0 Å².